The quantitative estimate of drug-likeness (QED) is 0.487. The summed E-state index contributed by atoms with van der Waals surface area (Å²) in [5, 5.41) is 15.4. The molecule has 2 aliphatic heterocycles. The Kier molecular flexibility index (Phi) is 6.11. The molecule has 2 heterocycles. The number of para-hydroxylation sites is 1. The topological polar surface area (TPSA) is 111 Å². The fraction of sp³-hybridized carbons (Fsp3) is 0.318. The third kappa shape index (κ3) is 4.65. The molecule has 0 aliphatic carbocycles. The summed E-state index contributed by atoms with van der Waals surface area (Å²) in [5.74, 6) is -2.44. The van der Waals surface area contributed by atoms with E-state index in [-0.39, 0.29) is 24.1 Å². The van der Waals surface area contributed by atoms with Crippen LogP contribution in [0.3, 0.4) is 0 Å². The number of halogens is 1. The maximum absolute atomic E-state index is 13.1. The maximum Gasteiger partial charge on any atom is 0.229 e. The zero-order valence-electron chi connectivity index (χ0n) is 16.9. The van der Waals surface area contributed by atoms with Crippen LogP contribution in [0.2, 0.25) is 5.02 Å². The van der Waals surface area contributed by atoms with Gasteiger partial charge in [0.25, 0.3) is 0 Å². The number of fused-ring (bicyclic) bond motifs is 1. The number of nitrogens with one attached hydrogen (secondary N) is 5. The number of anilines is 2. The number of aryl methyl sites for hydroxylation is 1. The molecule has 2 aromatic rings. The second-order valence-electron chi connectivity index (χ2n) is 7.64. The summed E-state index contributed by atoms with van der Waals surface area (Å²) in [6.45, 7) is 2.00. The van der Waals surface area contributed by atoms with Gasteiger partial charge in [0, 0.05) is 22.8 Å². The van der Waals surface area contributed by atoms with Gasteiger partial charge in [-0.15, -0.1) is 0 Å². The highest BCUT2D eigenvalue weighted by molar-refractivity contribution is 6.30. The molecule has 9 heteroatoms. The Bertz CT molecular complexity index is 997. The molecule has 31 heavy (non-hydrogen) atoms. The highest BCUT2D eigenvalue weighted by Gasteiger charge is 2.48. The fourth-order valence-corrected chi connectivity index (χ4v) is 4.17. The van der Waals surface area contributed by atoms with Crippen LogP contribution in [0.5, 0.6) is 0 Å². The molecule has 5 N–H and O–H groups in total. The number of carbonyl (C=O) groups excluding carboxylic acids is 3. The second-order valence-corrected chi connectivity index (χ2v) is 8.08. The Morgan fingerprint density at radius 1 is 1.10 bits per heavy atom. The van der Waals surface area contributed by atoms with Gasteiger partial charge in [-0.3, -0.25) is 19.7 Å². The summed E-state index contributed by atoms with van der Waals surface area (Å²) in [5.41, 5.74) is 2.43. The van der Waals surface area contributed by atoms with Gasteiger partial charge < -0.3 is 21.3 Å². The van der Waals surface area contributed by atoms with E-state index in [9.17, 15) is 14.4 Å². The first-order chi connectivity index (χ1) is 14.9. The minimum atomic E-state index is -0.785. The van der Waals surface area contributed by atoms with Gasteiger partial charge in [0.1, 0.15) is 0 Å². The van der Waals surface area contributed by atoms with E-state index >= 15 is 0 Å². The van der Waals surface area contributed by atoms with E-state index in [2.05, 4.69) is 26.6 Å². The summed E-state index contributed by atoms with van der Waals surface area (Å²) in [4.78, 5) is 38.3. The molecule has 162 valence electrons. The molecule has 2 aliphatic rings. The number of hydrogen-bond acceptors (Lipinski definition) is 5. The van der Waals surface area contributed by atoms with Crippen molar-refractivity contribution in [3.8, 4) is 0 Å². The standard InChI is InChI=1S/C22H24ClN5O3/c1-2-12-5-3-4-6-16(12)25-20(30)15-11-17(29)26-19-18(15)21(31)28-22(27-19)24-14-9-7-13(23)8-10-14/h3-10,15,18-19,22,24,27H,2,11H2,1H3,(H,25,30)(H,26,29)(H,28,31). The van der Waals surface area contributed by atoms with E-state index in [4.69, 9.17) is 11.6 Å². The van der Waals surface area contributed by atoms with Crippen LogP contribution < -0.4 is 26.6 Å². The van der Waals surface area contributed by atoms with Gasteiger partial charge in [0.05, 0.1) is 18.0 Å². The Hall–Kier alpha value is -3.10. The summed E-state index contributed by atoms with van der Waals surface area (Å²) in [7, 11) is 0. The normalized spacial score (nSPS) is 25.1. The van der Waals surface area contributed by atoms with Crippen molar-refractivity contribution >= 4 is 40.7 Å². The molecular weight excluding hydrogens is 418 g/mol. The van der Waals surface area contributed by atoms with Crippen LogP contribution in [0.25, 0.3) is 0 Å². The van der Waals surface area contributed by atoms with Crippen LogP contribution >= 0.6 is 11.6 Å². The zero-order chi connectivity index (χ0) is 22.0. The molecule has 0 radical (unpaired) electrons. The van der Waals surface area contributed by atoms with Gasteiger partial charge in [-0.1, -0.05) is 36.7 Å². The van der Waals surface area contributed by atoms with Gasteiger partial charge in [-0.05, 0) is 42.3 Å². The predicted molar refractivity (Wildman–Crippen MR) is 118 cm³/mol. The summed E-state index contributed by atoms with van der Waals surface area (Å²) < 4.78 is 0. The van der Waals surface area contributed by atoms with Crippen molar-refractivity contribution in [3.63, 3.8) is 0 Å². The van der Waals surface area contributed by atoms with Crippen molar-refractivity contribution in [2.75, 3.05) is 10.6 Å². The molecule has 2 fully saturated rings. The number of piperidine rings is 1. The van der Waals surface area contributed by atoms with Gasteiger partial charge in [-0.25, -0.2) is 0 Å². The zero-order valence-corrected chi connectivity index (χ0v) is 17.7. The third-order valence-electron chi connectivity index (χ3n) is 5.60. The number of hydrogen-bond donors (Lipinski definition) is 5. The van der Waals surface area contributed by atoms with E-state index < -0.39 is 24.3 Å². The lowest BCUT2D eigenvalue weighted by Crippen LogP contribution is -2.72. The molecular formula is C22H24ClN5O3. The molecule has 2 aromatic carbocycles. The second kappa shape index (κ2) is 8.95. The molecule has 4 atom stereocenters. The van der Waals surface area contributed by atoms with Crippen LogP contribution in [-0.2, 0) is 20.8 Å². The molecule has 0 aromatic heterocycles. The number of amides is 3. The predicted octanol–water partition coefficient (Wildman–Crippen LogP) is 2.03. The summed E-state index contributed by atoms with van der Waals surface area (Å²) in [6, 6.07) is 14.5. The molecule has 0 bridgehead atoms. The van der Waals surface area contributed by atoms with E-state index in [0.717, 1.165) is 17.7 Å². The van der Waals surface area contributed by atoms with Crippen molar-refractivity contribution in [1.82, 2.24) is 16.0 Å². The summed E-state index contributed by atoms with van der Waals surface area (Å²) >= 11 is 5.91. The molecule has 0 saturated carbocycles. The van der Waals surface area contributed by atoms with Gasteiger partial charge in [-0.2, -0.15) is 0 Å². The van der Waals surface area contributed by atoms with Gasteiger partial charge in [0.2, 0.25) is 17.7 Å². The van der Waals surface area contributed by atoms with Crippen LogP contribution in [-0.4, -0.2) is 30.2 Å². The summed E-state index contributed by atoms with van der Waals surface area (Å²) in [6.07, 6.45) is -0.575. The Morgan fingerprint density at radius 3 is 2.58 bits per heavy atom. The minimum absolute atomic E-state index is 0.0499. The van der Waals surface area contributed by atoms with E-state index in [0.29, 0.717) is 10.7 Å². The number of carbonyl (C=O) groups is 3. The Balaban J connectivity index is 1.49. The first kappa shape index (κ1) is 21.1. The molecule has 8 nitrogen and oxygen atoms in total. The minimum Gasteiger partial charge on any atom is -0.353 e. The Morgan fingerprint density at radius 2 is 1.84 bits per heavy atom. The lowest BCUT2D eigenvalue weighted by atomic mass is 9.81. The number of benzene rings is 2. The monoisotopic (exact) mass is 441 g/mol. The highest BCUT2D eigenvalue weighted by Crippen LogP contribution is 2.28. The van der Waals surface area contributed by atoms with Crippen LogP contribution in [0.4, 0.5) is 11.4 Å². The van der Waals surface area contributed by atoms with Crippen molar-refractivity contribution < 1.29 is 14.4 Å². The Labute approximate surface area is 185 Å². The van der Waals surface area contributed by atoms with Gasteiger partial charge in [0.15, 0.2) is 6.29 Å². The molecule has 0 spiro atoms. The van der Waals surface area contributed by atoms with Crippen molar-refractivity contribution in [3.05, 3.63) is 59.1 Å². The van der Waals surface area contributed by atoms with Crippen molar-refractivity contribution in [2.24, 2.45) is 11.8 Å². The van der Waals surface area contributed by atoms with Crippen molar-refractivity contribution in [1.29, 1.82) is 0 Å². The maximum atomic E-state index is 13.1. The van der Waals surface area contributed by atoms with E-state index in [1.807, 2.05) is 31.2 Å². The first-order valence-electron chi connectivity index (χ1n) is 10.2. The smallest absolute Gasteiger partial charge is 0.229 e. The van der Waals surface area contributed by atoms with E-state index in [1.54, 1.807) is 24.3 Å². The average molecular weight is 442 g/mol. The van der Waals surface area contributed by atoms with Crippen LogP contribution in [0.1, 0.15) is 18.9 Å². The van der Waals surface area contributed by atoms with Crippen LogP contribution in [0, 0.1) is 11.8 Å². The highest BCUT2D eigenvalue weighted by atomic mass is 35.5. The SMILES string of the molecule is CCc1ccccc1NC(=O)C1CC(=O)NC2NC(Nc3ccc(Cl)cc3)NC(=O)C21. The van der Waals surface area contributed by atoms with Gasteiger partial charge >= 0.3 is 0 Å². The van der Waals surface area contributed by atoms with Crippen molar-refractivity contribution in [2.45, 2.75) is 32.2 Å². The lowest BCUT2D eigenvalue weighted by Gasteiger charge is -2.43. The lowest BCUT2D eigenvalue weighted by molar-refractivity contribution is -0.144. The molecule has 4 unspecified atom stereocenters. The molecule has 3 amide bonds. The third-order valence-corrected chi connectivity index (χ3v) is 5.85. The largest absolute Gasteiger partial charge is 0.353 e. The first-order valence-corrected chi connectivity index (χ1v) is 10.6. The molecule has 4 rings (SSSR count). The molecule has 2 saturated heterocycles. The van der Waals surface area contributed by atoms with E-state index in [1.165, 1.54) is 0 Å². The fourth-order valence-electron chi connectivity index (χ4n) is 4.04. The van der Waals surface area contributed by atoms with Crippen LogP contribution in [0.15, 0.2) is 48.5 Å². The number of rotatable bonds is 5. The average Bonchev–Trinajstić information content (AvgIpc) is 2.75.